The van der Waals surface area contributed by atoms with E-state index < -0.39 is 0 Å². The zero-order chi connectivity index (χ0) is 14.5. The van der Waals surface area contributed by atoms with Crippen LogP contribution in [0.5, 0.6) is 0 Å². The van der Waals surface area contributed by atoms with Gasteiger partial charge in [-0.05, 0) is 40.9 Å². The molecule has 2 aromatic heterocycles. The Balaban J connectivity index is 2.14. The van der Waals surface area contributed by atoms with Crippen LogP contribution in [0.3, 0.4) is 0 Å². The molecule has 0 saturated heterocycles. The quantitative estimate of drug-likeness (QED) is 0.911. The molecule has 0 aliphatic rings. The van der Waals surface area contributed by atoms with E-state index in [0.717, 1.165) is 24.3 Å². The third-order valence-electron chi connectivity index (χ3n) is 2.89. The van der Waals surface area contributed by atoms with Gasteiger partial charge in [-0.3, -0.25) is 9.36 Å². The van der Waals surface area contributed by atoms with Crippen molar-refractivity contribution < 1.29 is 0 Å². The van der Waals surface area contributed by atoms with Gasteiger partial charge < -0.3 is 5.32 Å². The maximum absolute atomic E-state index is 12.0. The third kappa shape index (κ3) is 3.45. The van der Waals surface area contributed by atoms with Crippen LogP contribution in [0, 0.1) is 6.92 Å². The average Bonchev–Trinajstić information content (AvgIpc) is 2.47. The van der Waals surface area contributed by atoms with Crippen molar-refractivity contribution in [2.45, 2.75) is 26.8 Å². The topological polar surface area (TPSA) is 59.8 Å². The van der Waals surface area contributed by atoms with Gasteiger partial charge in [0.05, 0.1) is 18.6 Å². The second kappa shape index (κ2) is 6.65. The van der Waals surface area contributed by atoms with Gasteiger partial charge in [0.15, 0.2) is 0 Å². The van der Waals surface area contributed by atoms with E-state index in [-0.39, 0.29) is 5.56 Å². The molecule has 0 spiro atoms. The maximum atomic E-state index is 12.0. The molecule has 0 aliphatic heterocycles. The summed E-state index contributed by atoms with van der Waals surface area (Å²) in [5, 5.41) is 3.21. The third-order valence-corrected chi connectivity index (χ3v) is 3.80. The lowest BCUT2D eigenvalue weighted by atomic mass is 10.2. The van der Waals surface area contributed by atoms with E-state index in [2.05, 4.69) is 38.1 Å². The van der Waals surface area contributed by atoms with Crippen molar-refractivity contribution in [3.8, 4) is 0 Å². The minimum atomic E-state index is -0.0781. The fourth-order valence-electron chi connectivity index (χ4n) is 1.73. The molecule has 5 nitrogen and oxygen atoms in total. The normalized spacial score (nSPS) is 10.6. The molecule has 106 valence electrons. The second-order valence-corrected chi connectivity index (χ2v) is 5.35. The number of aryl methyl sites for hydroxylation is 1. The van der Waals surface area contributed by atoms with Crippen LogP contribution in [0.25, 0.3) is 0 Å². The number of nitrogens with zero attached hydrogens (tertiary/aromatic N) is 3. The lowest BCUT2D eigenvalue weighted by Crippen LogP contribution is -2.22. The first-order valence-corrected chi connectivity index (χ1v) is 7.31. The number of pyridine rings is 1. The Bertz CT molecular complexity index is 637. The van der Waals surface area contributed by atoms with Gasteiger partial charge in [-0.1, -0.05) is 13.0 Å². The molecule has 2 rings (SSSR count). The van der Waals surface area contributed by atoms with Gasteiger partial charge in [-0.2, -0.15) is 0 Å². The van der Waals surface area contributed by atoms with Crippen LogP contribution in [0.4, 0.5) is 5.82 Å². The molecule has 0 atom stereocenters. The lowest BCUT2D eigenvalue weighted by Gasteiger charge is -2.08. The first-order chi connectivity index (χ1) is 9.61. The highest BCUT2D eigenvalue weighted by molar-refractivity contribution is 9.10. The van der Waals surface area contributed by atoms with Gasteiger partial charge in [0, 0.05) is 12.7 Å². The van der Waals surface area contributed by atoms with Gasteiger partial charge in [-0.15, -0.1) is 0 Å². The molecule has 0 bridgehead atoms. The van der Waals surface area contributed by atoms with Crippen molar-refractivity contribution in [2.24, 2.45) is 0 Å². The summed E-state index contributed by atoms with van der Waals surface area (Å²) in [7, 11) is 0. The summed E-state index contributed by atoms with van der Waals surface area (Å²) in [5.74, 6) is 0.853. The molecule has 0 amide bonds. The molecule has 0 saturated carbocycles. The summed E-state index contributed by atoms with van der Waals surface area (Å²) in [6, 6.07) is 3.89. The molecular weight excluding hydrogens is 320 g/mol. The molecule has 0 aromatic carbocycles. The van der Waals surface area contributed by atoms with Crippen LogP contribution in [0.2, 0.25) is 0 Å². The summed E-state index contributed by atoms with van der Waals surface area (Å²) in [5.41, 5.74) is 1.58. The molecule has 1 N–H and O–H groups in total. The van der Waals surface area contributed by atoms with E-state index in [1.165, 1.54) is 0 Å². The number of halogens is 1. The van der Waals surface area contributed by atoms with Crippen LogP contribution in [0.15, 0.2) is 33.9 Å². The smallest absolute Gasteiger partial charge is 0.268 e. The van der Waals surface area contributed by atoms with Gasteiger partial charge in [0.25, 0.3) is 5.56 Å². The van der Waals surface area contributed by atoms with Gasteiger partial charge in [0.1, 0.15) is 10.3 Å². The van der Waals surface area contributed by atoms with Crippen LogP contribution in [-0.4, -0.2) is 21.1 Å². The summed E-state index contributed by atoms with van der Waals surface area (Å²) < 4.78 is 2.07. The first-order valence-electron chi connectivity index (χ1n) is 6.52. The molecule has 0 fully saturated rings. The lowest BCUT2D eigenvalue weighted by molar-refractivity contribution is 0.722. The van der Waals surface area contributed by atoms with Crippen molar-refractivity contribution in [2.75, 3.05) is 11.9 Å². The first kappa shape index (κ1) is 14.7. The highest BCUT2D eigenvalue weighted by Gasteiger charge is 2.06. The van der Waals surface area contributed by atoms with E-state index in [0.29, 0.717) is 16.7 Å². The number of rotatable bonds is 5. The number of nitrogens with one attached hydrogen (secondary N) is 1. The van der Waals surface area contributed by atoms with E-state index in [1.807, 2.05) is 12.1 Å². The predicted octanol–water partition coefficient (Wildman–Crippen LogP) is 2.58. The Morgan fingerprint density at radius 2 is 2.15 bits per heavy atom. The van der Waals surface area contributed by atoms with E-state index in [9.17, 15) is 4.79 Å². The fourth-order valence-corrected chi connectivity index (χ4v) is 2.06. The zero-order valence-corrected chi connectivity index (χ0v) is 13.1. The predicted molar refractivity (Wildman–Crippen MR) is 83.1 cm³/mol. The zero-order valence-electron chi connectivity index (χ0n) is 11.6. The Kier molecular flexibility index (Phi) is 4.89. The van der Waals surface area contributed by atoms with Gasteiger partial charge >= 0.3 is 0 Å². The monoisotopic (exact) mass is 336 g/mol. The molecule has 0 radical (unpaired) electrons. The molecule has 2 aromatic rings. The molecule has 2 heterocycles. The summed E-state index contributed by atoms with van der Waals surface area (Å²) in [4.78, 5) is 20.5. The summed E-state index contributed by atoms with van der Waals surface area (Å²) in [6.45, 7) is 5.27. The maximum Gasteiger partial charge on any atom is 0.268 e. The average molecular weight is 337 g/mol. The minimum Gasteiger partial charge on any atom is -0.370 e. The van der Waals surface area contributed by atoms with Crippen LogP contribution in [-0.2, 0) is 6.54 Å². The van der Waals surface area contributed by atoms with Crippen LogP contribution < -0.4 is 10.9 Å². The second-order valence-electron chi connectivity index (χ2n) is 4.56. The van der Waals surface area contributed by atoms with Gasteiger partial charge in [-0.25, -0.2) is 9.97 Å². The molecule has 6 heteroatoms. The van der Waals surface area contributed by atoms with Crippen molar-refractivity contribution in [1.82, 2.24) is 14.5 Å². The van der Waals surface area contributed by atoms with E-state index >= 15 is 0 Å². The Morgan fingerprint density at radius 1 is 1.35 bits per heavy atom. The minimum absolute atomic E-state index is 0.0781. The van der Waals surface area contributed by atoms with Gasteiger partial charge in [0.2, 0.25) is 0 Å². The highest BCUT2D eigenvalue weighted by atomic mass is 79.9. The Labute approximate surface area is 126 Å². The SMILES string of the molecule is CCCNc1ccc(Cn2cnc(C)c(Br)c2=O)cn1. The Hall–Kier alpha value is -1.69. The fraction of sp³-hybridized carbons (Fsp3) is 0.357. The van der Waals surface area contributed by atoms with E-state index in [1.54, 1.807) is 24.0 Å². The van der Waals surface area contributed by atoms with Crippen molar-refractivity contribution >= 4 is 21.7 Å². The number of anilines is 1. The Morgan fingerprint density at radius 3 is 2.80 bits per heavy atom. The molecule has 20 heavy (non-hydrogen) atoms. The molecule has 0 unspecified atom stereocenters. The largest absolute Gasteiger partial charge is 0.370 e. The van der Waals surface area contributed by atoms with Crippen molar-refractivity contribution in [3.05, 3.63) is 50.7 Å². The standard InChI is InChI=1S/C14H17BrN4O/c1-3-6-16-12-5-4-11(7-17-12)8-19-9-18-10(2)13(15)14(19)20/h4-5,7,9H,3,6,8H2,1-2H3,(H,16,17). The number of hydrogen-bond donors (Lipinski definition) is 1. The summed E-state index contributed by atoms with van der Waals surface area (Å²) in [6.07, 6.45) is 4.39. The van der Waals surface area contributed by atoms with E-state index in [4.69, 9.17) is 0 Å². The highest BCUT2D eigenvalue weighted by Crippen LogP contribution is 2.09. The molecule has 0 aliphatic carbocycles. The van der Waals surface area contributed by atoms with Crippen molar-refractivity contribution in [1.29, 1.82) is 0 Å². The van der Waals surface area contributed by atoms with Crippen molar-refractivity contribution in [3.63, 3.8) is 0 Å². The van der Waals surface area contributed by atoms with Crippen LogP contribution in [0.1, 0.15) is 24.6 Å². The number of aromatic nitrogens is 3. The number of hydrogen-bond acceptors (Lipinski definition) is 4. The summed E-state index contributed by atoms with van der Waals surface area (Å²) >= 11 is 3.26. The molecular formula is C14H17BrN4O. The van der Waals surface area contributed by atoms with Crippen LogP contribution >= 0.6 is 15.9 Å².